The first kappa shape index (κ1) is 33.1. The number of rotatable bonds is 16. The Morgan fingerprint density at radius 3 is 2.46 bits per heavy atom. The highest BCUT2D eigenvalue weighted by Gasteiger charge is 2.30. The van der Waals surface area contributed by atoms with Crippen molar-refractivity contribution in [2.24, 2.45) is 5.92 Å². The maximum Gasteiger partial charge on any atom is 0.326 e. The molecule has 1 fully saturated rings. The molecule has 0 radical (unpaired) electrons. The van der Waals surface area contributed by atoms with E-state index in [9.17, 15) is 24.9 Å². The number of amides is 1. The van der Waals surface area contributed by atoms with Crippen molar-refractivity contribution in [1.82, 2.24) is 5.32 Å². The molecule has 1 saturated carbocycles. The molecule has 0 bridgehead atoms. The third-order valence-corrected chi connectivity index (χ3v) is 8.40. The van der Waals surface area contributed by atoms with Crippen LogP contribution >= 0.6 is 11.8 Å². The normalized spacial score (nSPS) is 17.0. The van der Waals surface area contributed by atoms with Crippen LogP contribution in [0.15, 0.2) is 42.5 Å². The number of hydrogen-bond donors (Lipinski definition) is 4. The van der Waals surface area contributed by atoms with E-state index in [0.29, 0.717) is 30.3 Å². The molecule has 2 aromatic carbocycles. The summed E-state index contributed by atoms with van der Waals surface area (Å²) in [7, 11) is 0. The lowest BCUT2D eigenvalue weighted by Crippen LogP contribution is -2.41. The van der Waals surface area contributed by atoms with Gasteiger partial charge in [0.1, 0.15) is 12.1 Å². The Morgan fingerprint density at radius 2 is 1.80 bits per heavy atom. The summed E-state index contributed by atoms with van der Waals surface area (Å²) in [6.45, 7) is 3.96. The van der Waals surface area contributed by atoms with Crippen molar-refractivity contribution in [2.75, 3.05) is 25.2 Å². The van der Waals surface area contributed by atoms with Crippen LogP contribution in [0.3, 0.4) is 0 Å². The van der Waals surface area contributed by atoms with Gasteiger partial charge in [-0.2, -0.15) is 11.8 Å². The molecule has 2 aromatic rings. The van der Waals surface area contributed by atoms with E-state index < -0.39 is 24.0 Å². The number of carbonyl (C=O) groups is 2. The van der Waals surface area contributed by atoms with Gasteiger partial charge in [0.25, 0.3) is 5.91 Å². The molecule has 0 aliphatic heterocycles. The predicted octanol–water partition coefficient (Wildman–Crippen LogP) is 4.82. The Balaban J connectivity index is 1.82. The molecule has 3 rings (SSSR count). The number of carbonyl (C=O) groups excluding carboxylic acids is 1. The van der Waals surface area contributed by atoms with Crippen molar-refractivity contribution in [2.45, 2.75) is 83.3 Å². The fourth-order valence-electron chi connectivity index (χ4n) is 5.42. The van der Waals surface area contributed by atoms with Crippen molar-refractivity contribution >= 4 is 23.6 Å². The summed E-state index contributed by atoms with van der Waals surface area (Å²) in [5.41, 5.74) is 3.90. The summed E-state index contributed by atoms with van der Waals surface area (Å²) in [4.78, 5) is 25.1. The van der Waals surface area contributed by atoms with E-state index >= 15 is 0 Å². The molecule has 0 spiro atoms. The minimum atomic E-state index is -1.05. The Hall–Kier alpha value is -2.43. The van der Waals surface area contributed by atoms with Gasteiger partial charge in [0.05, 0.1) is 32.0 Å². The number of aryl methyl sites for hydroxylation is 1. The van der Waals surface area contributed by atoms with Crippen molar-refractivity contribution in [3.63, 3.8) is 0 Å². The Kier molecular flexibility index (Phi) is 13.6. The molecule has 4 atom stereocenters. The van der Waals surface area contributed by atoms with Crippen LogP contribution in [-0.2, 0) is 20.9 Å². The zero-order chi connectivity index (χ0) is 29.8. The van der Waals surface area contributed by atoms with Crippen molar-refractivity contribution in [1.29, 1.82) is 0 Å². The van der Waals surface area contributed by atoms with Crippen LogP contribution in [0.5, 0.6) is 0 Å². The van der Waals surface area contributed by atoms with E-state index in [2.05, 4.69) is 5.32 Å². The van der Waals surface area contributed by atoms with E-state index in [1.807, 2.05) is 56.5 Å². The monoisotopic (exact) mass is 587 g/mol. The molecule has 3 unspecified atom stereocenters. The second-order valence-corrected chi connectivity index (χ2v) is 11.9. The molecule has 1 aliphatic rings. The first-order chi connectivity index (χ1) is 19.7. The highest BCUT2D eigenvalue weighted by Crippen LogP contribution is 2.32. The third kappa shape index (κ3) is 9.82. The number of carboxylic acids is 1. The fourth-order valence-corrected chi connectivity index (χ4v) is 5.89. The van der Waals surface area contributed by atoms with Crippen molar-refractivity contribution in [3.8, 4) is 11.1 Å². The van der Waals surface area contributed by atoms with Gasteiger partial charge in [0.2, 0.25) is 0 Å². The molecular formula is C32H45NO7S. The molecule has 8 nitrogen and oxygen atoms in total. The van der Waals surface area contributed by atoms with Gasteiger partial charge in [-0.05, 0) is 85.4 Å². The second kappa shape index (κ2) is 16.9. The van der Waals surface area contributed by atoms with Gasteiger partial charge in [-0.1, -0.05) is 49.6 Å². The van der Waals surface area contributed by atoms with E-state index in [-0.39, 0.29) is 25.4 Å². The van der Waals surface area contributed by atoms with Crippen LogP contribution in [0.2, 0.25) is 0 Å². The summed E-state index contributed by atoms with van der Waals surface area (Å²) in [6.07, 6.45) is 6.45. The number of hydrogen-bond acceptors (Lipinski definition) is 7. The van der Waals surface area contributed by atoms with Crippen molar-refractivity contribution in [3.05, 3.63) is 59.2 Å². The Labute approximate surface area is 247 Å². The van der Waals surface area contributed by atoms with Crippen LogP contribution in [-0.4, -0.2) is 76.8 Å². The quantitative estimate of drug-likeness (QED) is 0.220. The summed E-state index contributed by atoms with van der Waals surface area (Å²) in [6, 6.07) is 12.3. The number of nitrogens with one attached hydrogen (secondary N) is 1. The number of ether oxygens (including phenoxy) is 2. The van der Waals surface area contributed by atoms with Gasteiger partial charge in [-0.3, -0.25) is 4.79 Å². The van der Waals surface area contributed by atoms with Crippen LogP contribution in [0, 0.1) is 12.8 Å². The Bertz CT molecular complexity index is 1120. The molecule has 1 aliphatic carbocycles. The zero-order valence-corrected chi connectivity index (χ0v) is 25.2. The highest BCUT2D eigenvalue weighted by molar-refractivity contribution is 7.98. The molecule has 226 valence electrons. The predicted molar refractivity (Wildman–Crippen MR) is 162 cm³/mol. The average Bonchev–Trinajstić information content (AvgIpc) is 2.98. The number of aliphatic carboxylic acids is 1. The largest absolute Gasteiger partial charge is 0.480 e. The van der Waals surface area contributed by atoms with Gasteiger partial charge in [0.15, 0.2) is 0 Å². The lowest BCUT2D eigenvalue weighted by molar-refractivity contribution is -0.139. The first-order valence-corrected chi connectivity index (χ1v) is 15.9. The smallest absolute Gasteiger partial charge is 0.326 e. The molecule has 41 heavy (non-hydrogen) atoms. The zero-order valence-electron chi connectivity index (χ0n) is 24.4. The maximum absolute atomic E-state index is 13.4. The fraction of sp³-hybridized carbons (Fsp3) is 0.562. The SMILES string of the molecule is CSCC[C@H](NC(=O)c1ccc(COC(C)C(OCC(O)CO)C2CCCCC2)cc1-c1ccccc1C)C(=O)O. The summed E-state index contributed by atoms with van der Waals surface area (Å²) in [5, 5.41) is 31.5. The van der Waals surface area contributed by atoms with Crippen LogP contribution in [0.4, 0.5) is 0 Å². The van der Waals surface area contributed by atoms with Crippen LogP contribution < -0.4 is 5.32 Å². The van der Waals surface area contributed by atoms with E-state index in [0.717, 1.165) is 47.9 Å². The molecular weight excluding hydrogens is 542 g/mol. The Morgan fingerprint density at radius 1 is 1.07 bits per heavy atom. The van der Waals surface area contributed by atoms with Gasteiger partial charge in [-0.15, -0.1) is 0 Å². The molecule has 0 aromatic heterocycles. The number of aliphatic hydroxyl groups is 2. The molecule has 0 saturated heterocycles. The molecule has 0 heterocycles. The number of carboxylic acid groups (broad SMARTS) is 1. The van der Waals surface area contributed by atoms with Gasteiger partial charge >= 0.3 is 5.97 Å². The minimum Gasteiger partial charge on any atom is -0.480 e. The van der Waals surface area contributed by atoms with Gasteiger partial charge < -0.3 is 30.1 Å². The summed E-state index contributed by atoms with van der Waals surface area (Å²) < 4.78 is 12.4. The topological polar surface area (TPSA) is 125 Å². The number of benzene rings is 2. The first-order valence-electron chi connectivity index (χ1n) is 14.5. The van der Waals surface area contributed by atoms with E-state index in [1.54, 1.807) is 6.07 Å². The molecule has 9 heteroatoms. The van der Waals surface area contributed by atoms with Crippen LogP contribution in [0.25, 0.3) is 11.1 Å². The summed E-state index contributed by atoms with van der Waals surface area (Å²) in [5.74, 6) is -0.525. The lowest BCUT2D eigenvalue weighted by atomic mass is 9.83. The van der Waals surface area contributed by atoms with Crippen molar-refractivity contribution < 1.29 is 34.4 Å². The number of aliphatic hydroxyl groups excluding tert-OH is 2. The average molecular weight is 588 g/mol. The van der Waals surface area contributed by atoms with Crippen LogP contribution in [0.1, 0.15) is 66.9 Å². The second-order valence-electron chi connectivity index (χ2n) is 10.9. The van der Waals surface area contributed by atoms with E-state index in [1.165, 1.54) is 18.2 Å². The molecule has 1 amide bonds. The third-order valence-electron chi connectivity index (χ3n) is 7.76. The molecule has 4 N–H and O–H groups in total. The number of thioether (sulfide) groups is 1. The highest BCUT2D eigenvalue weighted by atomic mass is 32.2. The lowest BCUT2D eigenvalue weighted by Gasteiger charge is -2.34. The van der Waals surface area contributed by atoms with Gasteiger partial charge in [-0.25, -0.2) is 4.79 Å². The van der Waals surface area contributed by atoms with Gasteiger partial charge in [0, 0.05) is 5.56 Å². The maximum atomic E-state index is 13.4. The van der Waals surface area contributed by atoms with E-state index in [4.69, 9.17) is 9.47 Å². The minimum absolute atomic E-state index is 0.0564. The summed E-state index contributed by atoms with van der Waals surface area (Å²) >= 11 is 1.54. The standard InChI is InChI=1S/C32H45NO7S/c1-21-9-7-8-12-26(21)28-17-23(13-14-27(28)31(36)33-29(32(37)38)15-16-41-3)19-39-22(2)30(40-20-25(35)18-34)24-10-5-4-6-11-24/h7-9,12-14,17,22,24-25,29-30,34-35H,4-6,10-11,15-16,18-20H2,1-3H3,(H,33,36)(H,37,38)/t22?,25?,29-,30?/m0/s1.